The SMILES string of the molecule is CCc1[nH]c2ccccc2c1-c1nccnc1C. The minimum atomic E-state index is 0.958. The zero-order valence-electron chi connectivity index (χ0n) is 10.6. The molecule has 0 aliphatic rings. The molecule has 3 heteroatoms. The Kier molecular flexibility index (Phi) is 2.59. The van der Waals surface area contributed by atoms with Gasteiger partial charge in [0.25, 0.3) is 0 Å². The number of nitrogens with zero attached hydrogens (tertiary/aromatic N) is 2. The maximum Gasteiger partial charge on any atom is 0.0938 e. The number of para-hydroxylation sites is 1. The fourth-order valence-electron chi connectivity index (χ4n) is 2.39. The van der Waals surface area contributed by atoms with Crippen molar-refractivity contribution in [3.8, 4) is 11.3 Å². The van der Waals surface area contributed by atoms with Crippen LogP contribution in [-0.2, 0) is 6.42 Å². The first-order valence-corrected chi connectivity index (χ1v) is 6.18. The third kappa shape index (κ3) is 1.59. The Morgan fingerprint density at radius 2 is 1.89 bits per heavy atom. The van der Waals surface area contributed by atoms with Gasteiger partial charge in [0.05, 0.1) is 11.4 Å². The largest absolute Gasteiger partial charge is 0.358 e. The van der Waals surface area contributed by atoms with Crippen LogP contribution >= 0.6 is 0 Å². The van der Waals surface area contributed by atoms with Crippen molar-refractivity contribution in [2.24, 2.45) is 0 Å². The highest BCUT2D eigenvalue weighted by molar-refractivity contribution is 5.96. The molecule has 18 heavy (non-hydrogen) atoms. The van der Waals surface area contributed by atoms with Gasteiger partial charge in [-0.2, -0.15) is 0 Å². The Morgan fingerprint density at radius 1 is 1.11 bits per heavy atom. The van der Waals surface area contributed by atoms with E-state index in [9.17, 15) is 0 Å². The molecule has 0 atom stereocenters. The molecule has 0 saturated carbocycles. The van der Waals surface area contributed by atoms with Crippen molar-refractivity contribution >= 4 is 10.9 Å². The predicted octanol–water partition coefficient (Wildman–Crippen LogP) is 3.50. The summed E-state index contributed by atoms with van der Waals surface area (Å²) >= 11 is 0. The zero-order valence-corrected chi connectivity index (χ0v) is 10.6. The van der Waals surface area contributed by atoms with Gasteiger partial charge < -0.3 is 4.98 Å². The number of rotatable bonds is 2. The van der Waals surface area contributed by atoms with Gasteiger partial charge in [0.15, 0.2) is 0 Å². The molecule has 3 rings (SSSR count). The van der Waals surface area contributed by atoms with Crippen molar-refractivity contribution < 1.29 is 0 Å². The number of H-pyrrole nitrogens is 1. The Morgan fingerprint density at radius 3 is 2.67 bits per heavy atom. The molecule has 90 valence electrons. The van der Waals surface area contributed by atoms with Crippen molar-refractivity contribution in [3.05, 3.63) is 48.0 Å². The van der Waals surface area contributed by atoms with Gasteiger partial charge in [0.1, 0.15) is 0 Å². The Balaban J connectivity index is 2.37. The van der Waals surface area contributed by atoms with Crippen molar-refractivity contribution in [2.75, 3.05) is 0 Å². The molecule has 0 aliphatic carbocycles. The number of benzene rings is 1. The maximum absolute atomic E-state index is 4.50. The lowest BCUT2D eigenvalue weighted by Gasteiger charge is -2.04. The lowest BCUT2D eigenvalue weighted by Crippen LogP contribution is -1.93. The van der Waals surface area contributed by atoms with E-state index in [2.05, 4.69) is 40.1 Å². The van der Waals surface area contributed by atoms with Crippen LogP contribution in [0, 0.1) is 6.92 Å². The van der Waals surface area contributed by atoms with E-state index in [0.717, 1.165) is 23.3 Å². The summed E-state index contributed by atoms with van der Waals surface area (Å²) in [6, 6.07) is 8.34. The number of hydrogen-bond acceptors (Lipinski definition) is 2. The molecule has 0 radical (unpaired) electrons. The second kappa shape index (κ2) is 4.26. The summed E-state index contributed by atoms with van der Waals surface area (Å²) in [5, 5.41) is 1.22. The van der Waals surface area contributed by atoms with Gasteiger partial charge in [0, 0.05) is 34.6 Å². The molecule has 0 spiro atoms. The van der Waals surface area contributed by atoms with Gasteiger partial charge in [-0.05, 0) is 19.4 Å². The average molecular weight is 237 g/mol. The number of aryl methyl sites for hydroxylation is 2. The summed E-state index contributed by atoms with van der Waals surface area (Å²) in [6.07, 6.45) is 4.45. The molecule has 0 bridgehead atoms. The van der Waals surface area contributed by atoms with Gasteiger partial charge in [-0.15, -0.1) is 0 Å². The van der Waals surface area contributed by atoms with Crippen LogP contribution in [0.15, 0.2) is 36.7 Å². The van der Waals surface area contributed by atoms with E-state index < -0.39 is 0 Å². The van der Waals surface area contributed by atoms with E-state index >= 15 is 0 Å². The highest BCUT2D eigenvalue weighted by Crippen LogP contribution is 2.32. The van der Waals surface area contributed by atoms with Crippen LogP contribution in [0.5, 0.6) is 0 Å². The lowest BCUT2D eigenvalue weighted by molar-refractivity contribution is 1.06. The summed E-state index contributed by atoms with van der Waals surface area (Å²) in [5.74, 6) is 0. The summed E-state index contributed by atoms with van der Waals surface area (Å²) in [4.78, 5) is 12.3. The molecule has 2 aromatic heterocycles. The van der Waals surface area contributed by atoms with Crippen LogP contribution in [0.4, 0.5) is 0 Å². The molecule has 0 aliphatic heterocycles. The van der Waals surface area contributed by atoms with E-state index in [4.69, 9.17) is 0 Å². The summed E-state index contributed by atoms with van der Waals surface area (Å²) in [7, 11) is 0. The number of fused-ring (bicyclic) bond motifs is 1. The van der Waals surface area contributed by atoms with Crippen LogP contribution in [0.1, 0.15) is 18.3 Å². The predicted molar refractivity (Wildman–Crippen MR) is 73.4 cm³/mol. The summed E-state index contributed by atoms with van der Waals surface area (Å²) in [6.45, 7) is 4.16. The van der Waals surface area contributed by atoms with Crippen LogP contribution < -0.4 is 0 Å². The van der Waals surface area contributed by atoms with E-state index in [1.54, 1.807) is 12.4 Å². The third-order valence-electron chi connectivity index (χ3n) is 3.26. The van der Waals surface area contributed by atoms with Crippen molar-refractivity contribution in [1.29, 1.82) is 0 Å². The van der Waals surface area contributed by atoms with Crippen LogP contribution in [0.3, 0.4) is 0 Å². The second-order valence-electron chi connectivity index (χ2n) is 4.37. The molecule has 2 heterocycles. The quantitative estimate of drug-likeness (QED) is 0.741. The summed E-state index contributed by atoms with van der Waals surface area (Å²) < 4.78 is 0. The first-order chi connectivity index (χ1) is 8.81. The topological polar surface area (TPSA) is 41.6 Å². The number of nitrogens with one attached hydrogen (secondary N) is 1. The van der Waals surface area contributed by atoms with Gasteiger partial charge in [0.2, 0.25) is 0 Å². The molecule has 3 nitrogen and oxygen atoms in total. The molecular weight excluding hydrogens is 222 g/mol. The Labute approximate surface area is 106 Å². The molecule has 0 amide bonds. The first-order valence-electron chi connectivity index (χ1n) is 6.18. The normalized spacial score (nSPS) is 11.0. The molecular formula is C15H15N3. The van der Waals surface area contributed by atoms with E-state index in [0.29, 0.717) is 0 Å². The minimum absolute atomic E-state index is 0.958. The second-order valence-corrected chi connectivity index (χ2v) is 4.37. The van der Waals surface area contributed by atoms with E-state index in [1.165, 1.54) is 16.6 Å². The highest BCUT2D eigenvalue weighted by atomic mass is 14.8. The Hall–Kier alpha value is -2.16. The molecule has 0 saturated heterocycles. The monoisotopic (exact) mass is 237 g/mol. The lowest BCUT2D eigenvalue weighted by atomic mass is 10.0. The van der Waals surface area contributed by atoms with E-state index in [-0.39, 0.29) is 0 Å². The fourth-order valence-corrected chi connectivity index (χ4v) is 2.39. The molecule has 3 aromatic rings. The van der Waals surface area contributed by atoms with Crippen molar-refractivity contribution in [1.82, 2.24) is 15.0 Å². The fraction of sp³-hybridized carbons (Fsp3) is 0.200. The minimum Gasteiger partial charge on any atom is -0.358 e. The zero-order chi connectivity index (χ0) is 12.5. The van der Waals surface area contributed by atoms with Gasteiger partial charge >= 0.3 is 0 Å². The van der Waals surface area contributed by atoms with Crippen LogP contribution in [0.25, 0.3) is 22.2 Å². The third-order valence-corrected chi connectivity index (χ3v) is 3.26. The standard InChI is InChI=1S/C15H15N3/c1-3-12-14(15-10(2)16-8-9-17-15)11-6-4-5-7-13(11)18-12/h4-9,18H,3H2,1-2H3. The van der Waals surface area contributed by atoms with Crippen LogP contribution in [0.2, 0.25) is 0 Å². The molecule has 0 fully saturated rings. The van der Waals surface area contributed by atoms with E-state index in [1.807, 2.05) is 13.0 Å². The molecule has 1 aromatic carbocycles. The summed E-state index contributed by atoms with van der Waals surface area (Å²) in [5.41, 5.74) is 5.52. The van der Waals surface area contributed by atoms with Crippen molar-refractivity contribution in [3.63, 3.8) is 0 Å². The smallest absolute Gasteiger partial charge is 0.0938 e. The number of aromatic nitrogens is 3. The van der Waals surface area contributed by atoms with Crippen molar-refractivity contribution in [2.45, 2.75) is 20.3 Å². The van der Waals surface area contributed by atoms with Crippen LogP contribution in [-0.4, -0.2) is 15.0 Å². The number of hydrogen-bond donors (Lipinski definition) is 1. The Bertz CT molecular complexity index is 698. The molecule has 0 unspecified atom stereocenters. The van der Waals surface area contributed by atoms with Gasteiger partial charge in [-0.1, -0.05) is 25.1 Å². The molecule has 1 N–H and O–H groups in total. The highest BCUT2D eigenvalue weighted by Gasteiger charge is 2.14. The first kappa shape index (κ1) is 11.0. The van der Waals surface area contributed by atoms with Gasteiger partial charge in [-0.25, -0.2) is 0 Å². The van der Waals surface area contributed by atoms with Gasteiger partial charge in [-0.3, -0.25) is 9.97 Å². The number of aromatic amines is 1. The average Bonchev–Trinajstić information content (AvgIpc) is 2.78. The maximum atomic E-state index is 4.50.